The molecule has 0 unspecified atom stereocenters. The normalized spacial score (nSPS) is 20.1. The Kier molecular flexibility index (Phi) is 6.08. The zero-order valence-electron chi connectivity index (χ0n) is 21.8. The van der Waals surface area contributed by atoms with E-state index in [0.717, 1.165) is 42.8 Å². The van der Waals surface area contributed by atoms with Gasteiger partial charge in [0.15, 0.2) is 0 Å². The van der Waals surface area contributed by atoms with Crippen LogP contribution in [0.15, 0.2) is 85.3 Å². The molecule has 2 aliphatic heterocycles. The molecule has 4 heteroatoms. The molecule has 4 heterocycles. The van der Waals surface area contributed by atoms with Crippen LogP contribution < -0.4 is 0 Å². The summed E-state index contributed by atoms with van der Waals surface area (Å²) < 4.78 is 13.6. The van der Waals surface area contributed by atoms with Crippen molar-refractivity contribution in [3.8, 4) is 22.4 Å². The number of aromatic amines is 1. The van der Waals surface area contributed by atoms with Crippen LogP contribution in [0.1, 0.15) is 56.2 Å². The number of nitrogens with one attached hydrogen (secondary N) is 1. The van der Waals surface area contributed by atoms with E-state index in [1.54, 1.807) is 0 Å². The summed E-state index contributed by atoms with van der Waals surface area (Å²) in [6.45, 7) is 9.00. The summed E-state index contributed by atoms with van der Waals surface area (Å²) in [6, 6.07) is 20.6. The minimum absolute atomic E-state index is 0.180. The van der Waals surface area contributed by atoms with E-state index in [9.17, 15) is 4.39 Å². The first kappa shape index (κ1) is 23.9. The van der Waals surface area contributed by atoms with Gasteiger partial charge in [0.1, 0.15) is 5.82 Å². The van der Waals surface area contributed by atoms with Crippen molar-refractivity contribution in [3.05, 3.63) is 108 Å². The molecule has 0 bridgehead atoms. The highest BCUT2D eigenvalue weighted by molar-refractivity contribution is 5.91. The van der Waals surface area contributed by atoms with Crippen LogP contribution in [0, 0.1) is 5.82 Å². The van der Waals surface area contributed by atoms with E-state index in [1.807, 2.05) is 24.5 Å². The van der Waals surface area contributed by atoms with Crippen molar-refractivity contribution in [2.24, 2.45) is 0 Å². The summed E-state index contributed by atoms with van der Waals surface area (Å²) >= 11 is 0. The SMILES string of the molecule is CC(C)(C)c1ccc([C@@H]2C[C@H]3C=C(c4c[nH]c(-c5ccc(F)cc5)c4-c4ccncc4)CCN3C2)cc1. The van der Waals surface area contributed by atoms with Crippen molar-refractivity contribution in [3.63, 3.8) is 0 Å². The second-order valence-electron chi connectivity index (χ2n) is 11.5. The van der Waals surface area contributed by atoms with E-state index in [1.165, 1.54) is 40.0 Å². The number of halogens is 1. The zero-order chi connectivity index (χ0) is 25.6. The van der Waals surface area contributed by atoms with Crippen molar-refractivity contribution in [1.29, 1.82) is 0 Å². The molecule has 188 valence electrons. The number of pyridine rings is 1. The first-order valence-electron chi connectivity index (χ1n) is 13.3. The van der Waals surface area contributed by atoms with Crippen molar-refractivity contribution in [2.45, 2.75) is 51.0 Å². The fraction of sp³-hybridized carbons (Fsp3) is 0.303. The Hall–Kier alpha value is -3.50. The van der Waals surface area contributed by atoms with E-state index >= 15 is 0 Å². The number of hydrogen-bond donors (Lipinski definition) is 1. The molecule has 2 atom stereocenters. The summed E-state index contributed by atoms with van der Waals surface area (Å²) in [5.74, 6) is 0.343. The van der Waals surface area contributed by atoms with Gasteiger partial charge in [0.05, 0.1) is 5.69 Å². The quantitative estimate of drug-likeness (QED) is 0.315. The number of rotatable bonds is 4. The summed E-state index contributed by atoms with van der Waals surface area (Å²) in [4.78, 5) is 10.4. The largest absolute Gasteiger partial charge is 0.360 e. The van der Waals surface area contributed by atoms with Crippen LogP contribution in [0.4, 0.5) is 4.39 Å². The monoisotopic (exact) mass is 491 g/mol. The fourth-order valence-electron chi connectivity index (χ4n) is 6.00. The van der Waals surface area contributed by atoms with Crippen LogP contribution in [-0.2, 0) is 5.41 Å². The molecule has 1 N–H and O–H groups in total. The first-order chi connectivity index (χ1) is 17.9. The molecule has 0 amide bonds. The number of hydrogen-bond acceptors (Lipinski definition) is 2. The van der Waals surface area contributed by atoms with Crippen LogP contribution in [-0.4, -0.2) is 34.0 Å². The van der Waals surface area contributed by atoms with Gasteiger partial charge in [0.25, 0.3) is 0 Å². The fourth-order valence-corrected chi connectivity index (χ4v) is 6.00. The van der Waals surface area contributed by atoms with Crippen molar-refractivity contribution in [1.82, 2.24) is 14.9 Å². The standard InChI is InChI=1S/C33H34FN3/c1-33(2,3)27-8-4-22(5-9-27)26-19-29-18-25(14-17-37(29)21-26)30-20-36-32(24-6-10-28(34)11-7-24)31(30)23-12-15-35-16-13-23/h4-13,15-16,18,20,26,29,36H,14,17,19,21H2,1-3H3/t26-,29-/m1/s1. The van der Waals surface area contributed by atoms with Gasteiger partial charge in [-0.1, -0.05) is 51.1 Å². The molecule has 37 heavy (non-hydrogen) atoms. The Bertz CT molecular complexity index is 1410. The molecular weight excluding hydrogens is 457 g/mol. The third kappa shape index (κ3) is 4.67. The number of nitrogens with zero attached hydrogens (tertiary/aromatic N) is 2. The first-order valence-corrected chi connectivity index (χ1v) is 13.3. The van der Waals surface area contributed by atoms with E-state index in [-0.39, 0.29) is 11.2 Å². The maximum Gasteiger partial charge on any atom is 0.123 e. The Balaban J connectivity index is 1.32. The smallest absolute Gasteiger partial charge is 0.123 e. The Morgan fingerprint density at radius 3 is 2.35 bits per heavy atom. The molecule has 2 aromatic carbocycles. The van der Waals surface area contributed by atoms with Gasteiger partial charge in [-0.25, -0.2) is 4.39 Å². The third-order valence-electron chi connectivity index (χ3n) is 8.09. The lowest BCUT2D eigenvalue weighted by Crippen LogP contribution is -2.32. The number of aromatic nitrogens is 2. The molecule has 6 rings (SSSR count). The predicted octanol–water partition coefficient (Wildman–Crippen LogP) is 7.83. The molecular formula is C33H34FN3. The van der Waals surface area contributed by atoms with Crippen molar-refractivity contribution in [2.75, 3.05) is 13.1 Å². The van der Waals surface area contributed by atoms with Gasteiger partial charge < -0.3 is 4.98 Å². The molecule has 0 saturated carbocycles. The Morgan fingerprint density at radius 2 is 1.65 bits per heavy atom. The average Bonchev–Trinajstić information content (AvgIpc) is 3.54. The lowest BCUT2D eigenvalue weighted by molar-refractivity contribution is 0.286. The predicted molar refractivity (Wildman–Crippen MR) is 150 cm³/mol. The topological polar surface area (TPSA) is 31.9 Å². The molecule has 4 aromatic rings. The van der Waals surface area contributed by atoms with E-state index in [2.05, 4.69) is 84.3 Å². The molecule has 0 aliphatic carbocycles. The minimum atomic E-state index is -0.222. The van der Waals surface area contributed by atoms with Crippen LogP contribution >= 0.6 is 0 Å². The lowest BCUT2D eigenvalue weighted by atomic mass is 9.85. The van der Waals surface area contributed by atoms with Crippen molar-refractivity contribution < 1.29 is 4.39 Å². The van der Waals surface area contributed by atoms with Gasteiger partial charge in [-0.15, -0.1) is 0 Å². The maximum absolute atomic E-state index is 13.6. The highest BCUT2D eigenvalue weighted by Crippen LogP contribution is 2.43. The van der Waals surface area contributed by atoms with Gasteiger partial charge in [-0.3, -0.25) is 9.88 Å². The summed E-state index contributed by atoms with van der Waals surface area (Å²) in [6.07, 6.45) is 10.5. The van der Waals surface area contributed by atoms with Crippen molar-refractivity contribution >= 4 is 5.57 Å². The maximum atomic E-state index is 13.6. The Morgan fingerprint density at radius 1 is 0.919 bits per heavy atom. The molecule has 1 saturated heterocycles. The summed E-state index contributed by atoms with van der Waals surface area (Å²) in [5.41, 5.74) is 9.95. The van der Waals surface area contributed by atoms with Crippen LogP contribution in [0.5, 0.6) is 0 Å². The number of benzene rings is 2. The second-order valence-corrected chi connectivity index (χ2v) is 11.5. The van der Waals surface area contributed by atoms with E-state index in [0.29, 0.717) is 12.0 Å². The third-order valence-corrected chi connectivity index (χ3v) is 8.09. The molecule has 2 aliphatic rings. The lowest BCUT2D eigenvalue weighted by Gasteiger charge is -2.28. The van der Waals surface area contributed by atoms with Crippen LogP contribution in [0.2, 0.25) is 0 Å². The van der Waals surface area contributed by atoms with E-state index in [4.69, 9.17) is 0 Å². The molecule has 3 nitrogen and oxygen atoms in total. The number of fused-ring (bicyclic) bond motifs is 1. The molecule has 0 spiro atoms. The van der Waals surface area contributed by atoms with Gasteiger partial charge in [0, 0.05) is 48.8 Å². The second kappa shape index (κ2) is 9.42. The van der Waals surface area contributed by atoms with Gasteiger partial charge >= 0.3 is 0 Å². The van der Waals surface area contributed by atoms with Gasteiger partial charge in [-0.2, -0.15) is 0 Å². The highest BCUT2D eigenvalue weighted by atomic mass is 19.1. The zero-order valence-corrected chi connectivity index (χ0v) is 21.8. The van der Waals surface area contributed by atoms with Gasteiger partial charge in [0.2, 0.25) is 0 Å². The van der Waals surface area contributed by atoms with E-state index < -0.39 is 0 Å². The summed E-state index contributed by atoms with van der Waals surface area (Å²) in [7, 11) is 0. The minimum Gasteiger partial charge on any atom is -0.360 e. The molecule has 2 aromatic heterocycles. The Labute approximate surface area is 219 Å². The molecule has 1 fully saturated rings. The highest BCUT2D eigenvalue weighted by Gasteiger charge is 2.35. The molecule has 0 radical (unpaired) electrons. The number of H-pyrrole nitrogens is 1. The summed E-state index contributed by atoms with van der Waals surface area (Å²) in [5, 5.41) is 0. The van der Waals surface area contributed by atoms with Crippen LogP contribution in [0.3, 0.4) is 0 Å². The van der Waals surface area contributed by atoms with Crippen LogP contribution in [0.25, 0.3) is 28.0 Å². The average molecular weight is 492 g/mol. The van der Waals surface area contributed by atoms with Gasteiger partial charge in [-0.05, 0) is 88.4 Å².